The molecule has 28 heavy (non-hydrogen) atoms. The van der Waals surface area contributed by atoms with Gasteiger partial charge in [0.25, 0.3) is 0 Å². The van der Waals surface area contributed by atoms with Crippen LogP contribution in [0.5, 0.6) is 5.75 Å². The molecule has 5 nitrogen and oxygen atoms in total. The first-order valence-electron chi connectivity index (χ1n) is 7.95. The SMILES string of the molecule is C=CCc1cccc2c1nc(COc1ccc(Cl)cc1)n2S(=O)(=O)C(F)(F)F. The lowest BCUT2D eigenvalue weighted by Gasteiger charge is -2.13. The van der Waals surface area contributed by atoms with Gasteiger partial charge in [0.1, 0.15) is 12.4 Å². The van der Waals surface area contributed by atoms with Gasteiger partial charge in [-0.05, 0) is 42.3 Å². The Labute approximate surface area is 164 Å². The summed E-state index contributed by atoms with van der Waals surface area (Å²) in [6, 6.07) is 10.5. The zero-order valence-corrected chi connectivity index (χ0v) is 15.9. The third-order valence-electron chi connectivity index (χ3n) is 3.87. The van der Waals surface area contributed by atoms with E-state index in [0.29, 0.717) is 22.8 Å². The molecule has 0 amide bonds. The molecule has 0 saturated carbocycles. The lowest BCUT2D eigenvalue weighted by Crippen LogP contribution is -2.31. The summed E-state index contributed by atoms with van der Waals surface area (Å²) in [4.78, 5) is 4.13. The van der Waals surface area contributed by atoms with Crippen LogP contribution in [0.2, 0.25) is 5.02 Å². The molecule has 3 rings (SSSR count). The summed E-state index contributed by atoms with van der Waals surface area (Å²) in [6.45, 7) is 3.11. The largest absolute Gasteiger partial charge is 0.517 e. The van der Waals surface area contributed by atoms with Crippen molar-refractivity contribution in [3.05, 3.63) is 71.5 Å². The Morgan fingerprint density at radius 1 is 1.18 bits per heavy atom. The summed E-state index contributed by atoms with van der Waals surface area (Å²) in [5.41, 5.74) is -4.97. The number of halogens is 4. The van der Waals surface area contributed by atoms with Crippen molar-refractivity contribution in [2.24, 2.45) is 0 Å². The maximum atomic E-state index is 13.3. The number of fused-ring (bicyclic) bond motifs is 1. The van der Waals surface area contributed by atoms with E-state index in [2.05, 4.69) is 11.6 Å². The summed E-state index contributed by atoms with van der Waals surface area (Å²) in [7, 11) is -5.71. The van der Waals surface area contributed by atoms with Crippen molar-refractivity contribution in [3.8, 4) is 5.75 Å². The number of ether oxygens (including phenoxy) is 1. The summed E-state index contributed by atoms with van der Waals surface area (Å²) in [5, 5.41) is 0.452. The molecule has 0 atom stereocenters. The van der Waals surface area contributed by atoms with Crippen LogP contribution in [0.25, 0.3) is 11.0 Å². The fourth-order valence-electron chi connectivity index (χ4n) is 2.65. The minimum Gasteiger partial charge on any atom is -0.486 e. The van der Waals surface area contributed by atoms with Gasteiger partial charge in [0, 0.05) is 5.02 Å². The normalized spacial score (nSPS) is 12.3. The summed E-state index contributed by atoms with van der Waals surface area (Å²) in [5.74, 6) is -0.0856. The molecular weight excluding hydrogens is 417 g/mol. The number of para-hydroxylation sites is 1. The highest BCUT2D eigenvalue weighted by molar-refractivity contribution is 7.91. The summed E-state index contributed by atoms with van der Waals surface area (Å²) < 4.78 is 69.7. The second-order valence-corrected chi connectivity index (χ2v) is 7.98. The molecule has 148 valence electrons. The van der Waals surface area contributed by atoms with Gasteiger partial charge in [-0.2, -0.15) is 21.6 Å². The fourth-order valence-corrected chi connectivity index (χ4v) is 3.76. The molecule has 0 aliphatic carbocycles. The molecule has 0 saturated heterocycles. The predicted octanol–water partition coefficient (Wildman–Crippen LogP) is 4.69. The van der Waals surface area contributed by atoms with Crippen molar-refractivity contribution in [2.75, 3.05) is 0 Å². The minimum absolute atomic E-state index is 0.143. The van der Waals surface area contributed by atoms with Crippen molar-refractivity contribution >= 4 is 32.7 Å². The molecule has 0 bridgehead atoms. The molecule has 1 aromatic heterocycles. The van der Waals surface area contributed by atoms with E-state index >= 15 is 0 Å². The van der Waals surface area contributed by atoms with E-state index in [1.54, 1.807) is 12.1 Å². The number of rotatable bonds is 6. The highest BCUT2D eigenvalue weighted by Crippen LogP contribution is 2.31. The first kappa shape index (κ1) is 20.2. The molecule has 0 unspecified atom stereocenters. The highest BCUT2D eigenvalue weighted by atomic mass is 35.5. The molecule has 0 aliphatic rings. The van der Waals surface area contributed by atoms with Crippen LogP contribution >= 0.6 is 11.6 Å². The maximum Gasteiger partial charge on any atom is 0.517 e. The van der Waals surface area contributed by atoms with Crippen molar-refractivity contribution in [1.82, 2.24) is 8.96 Å². The van der Waals surface area contributed by atoms with Gasteiger partial charge in [-0.1, -0.05) is 29.8 Å². The molecule has 0 aliphatic heterocycles. The van der Waals surface area contributed by atoms with E-state index in [9.17, 15) is 21.6 Å². The van der Waals surface area contributed by atoms with Gasteiger partial charge in [-0.15, -0.1) is 6.58 Å². The topological polar surface area (TPSA) is 61.2 Å². The Kier molecular flexibility index (Phi) is 5.40. The van der Waals surface area contributed by atoms with Crippen LogP contribution in [-0.2, 0) is 23.1 Å². The van der Waals surface area contributed by atoms with E-state index in [0.717, 1.165) is 0 Å². The number of hydrogen-bond acceptors (Lipinski definition) is 4. The quantitative estimate of drug-likeness (QED) is 0.532. The molecule has 3 aromatic rings. The van der Waals surface area contributed by atoms with E-state index in [1.807, 2.05) is 0 Å². The smallest absolute Gasteiger partial charge is 0.486 e. The van der Waals surface area contributed by atoms with E-state index in [1.165, 1.54) is 36.4 Å². The van der Waals surface area contributed by atoms with Crippen LogP contribution in [0.4, 0.5) is 13.2 Å². The van der Waals surface area contributed by atoms with Gasteiger partial charge in [-0.25, -0.2) is 8.96 Å². The van der Waals surface area contributed by atoms with E-state index < -0.39 is 28.0 Å². The Hall–Kier alpha value is -2.52. The van der Waals surface area contributed by atoms with E-state index in [4.69, 9.17) is 16.3 Å². The molecule has 0 N–H and O–H groups in total. The molecule has 0 fully saturated rings. The molecule has 0 radical (unpaired) electrons. The zero-order chi connectivity index (χ0) is 20.5. The standard InChI is InChI=1S/C18H14ClF3N2O3S/c1-2-4-12-5-3-6-15-17(12)23-16(24(15)28(25,26)18(20,21)22)11-27-14-9-7-13(19)8-10-14/h2-3,5-10H,1,4,11H2. The maximum absolute atomic E-state index is 13.3. The fraction of sp³-hybridized carbons (Fsp3) is 0.167. The molecule has 2 aromatic carbocycles. The molecule has 0 spiro atoms. The van der Waals surface area contributed by atoms with Gasteiger partial charge in [0.05, 0.1) is 11.0 Å². The van der Waals surface area contributed by atoms with E-state index in [-0.39, 0.29) is 15.0 Å². The second kappa shape index (κ2) is 7.48. The number of aromatic nitrogens is 2. The second-order valence-electron chi connectivity index (χ2n) is 5.76. The number of hydrogen-bond donors (Lipinski definition) is 0. The Balaban J connectivity index is 2.14. The third-order valence-corrected chi connectivity index (χ3v) is 5.60. The van der Waals surface area contributed by atoms with Gasteiger partial charge in [0.2, 0.25) is 0 Å². The van der Waals surface area contributed by atoms with Crippen LogP contribution in [0, 0.1) is 0 Å². The lowest BCUT2D eigenvalue weighted by molar-refractivity contribution is -0.0446. The van der Waals surface area contributed by atoms with Crippen molar-refractivity contribution in [1.29, 1.82) is 0 Å². The average molecular weight is 431 g/mol. The van der Waals surface area contributed by atoms with Crippen LogP contribution in [0.15, 0.2) is 55.1 Å². The third kappa shape index (κ3) is 3.72. The predicted molar refractivity (Wildman–Crippen MR) is 99.8 cm³/mol. The Bertz CT molecular complexity index is 1120. The van der Waals surface area contributed by atoms with Crippen molar-refractivity contribution in [2.45, 2.75) is 18.5 Å². The monoisotopic (exact) mass is 430 g/mol. The number of alkyl halides is 3. The van der Waals surface area contributed by atoms with Crippen LogP contribution in [0.3, 0.4) is 0 Å². The highest BCUT2D eigenvalue weighted by Gasteiger charge is 2.49. The Morgan fingerprint density at radius 3 is 2.46 bits per heavy atom. The van der Waals surface area contributed by atoms with Gasteiger partial charge < -0.3 is 4.74 Å². The van der Waals surface area contributed by atoms with Gasteiger partial charge >= 0.3 is 15.5 Å². The lowest BCUT2D eigenvalue weighted by atomic mass is 10.1. The number of nitrogens with zero attached hydrogens (tertiary/aromatic N) is 2. The van der Waals surface area contributed by atoms with Crippen LogP contribution in [0.1, 0.15) is 11.4 Å². The Morgan fingerprint density at radius 2 is 1.86 bits per heavy atom. The van der Waals surface area contributed by atoms with Gasteiger partial charge in [0.15, 0.2) is 5.82 Å². The minimum atomic E-state index is -5.71. The number of imidazole rings is 1. The first-order valence-corrected chi connectivity index (χ1v) is 9.77. The van der Waals surface area contributed by atoms with Crippen LogP contribution < -0.4 is 4.74 Å². The summed E-state index contributed by atoms with van der Waals surface area (Å²) in [6.07, 6.45) is 1.87. The molecular formula is C18H14ClF3N2O3S. The number of benzene rings is 2. The van der Waals surface area contributed by atoms with Crippen molar-refractivity contribution < 1.29 is 26.3 Å². The molecule has 10 heteroatoms. The van der Waals surface area contributed by atoms with Crippen LogP contribution in [-0.4, -0.2) is 22.9 Å². The average Bonchev–Trinajstić information content (AvgIpc) is 3.00. The number of allylic oxidation sites excluding steroid dienone is 1. The summed E-state index contributed by atoms with van der Waals surface area (Å²) >= 11 is 5.78. The first-order chi connectivity index (χ1) is 13.1. The van der Waals surface area contributed by atoms with Crippen molar-refractivity contribution in [3.63, 3.8) is 0 Å². The zero-order valence-electron chi connectivity index (χ0n) is 14.3. The molecule has 1 heterocycles. The van der Waals surface area contributed by atoms with Gasteiger partial charge in [-0.3, -0.25) is 0 Å².